The summed E-state index contributed by atoms with van der Waals surface area (Å²) in [5.41, 5.74) is 5.88. The van der Waals surface area contributed by atoms with E-state index >= 15 is 0 Å². The number of nitrogens with one attached hydrogen (secondary N) is 1. The largest absolute Gasteiger partial charge is 0.497 e. The summed E-state index contributed by atoms with van der Waals surface area (Å²) < 4.78 is 6.69. The quantitative estimate of drug-likeness (QED) is 0.455. The number of methoxy groups -OCH3 is 1. The van der Waals surface area contributed by atoms with Gasteiger partial charge in [0.1, 0.15) is 5.75 Å². The van der Waals surface area contributed by atoms with Crippen LogP contribution in [0, 0.1) is 0 Å². The fourth-order valence-electron chi connectivity index (χ4n) is 2.55. The van der Waals surface area contributed by atoms with Crippen LogP contribution >= 0.6 is 11.8 Å². The lowest BCUT2D eigenvalue weighted by molar-refractivity contribution is -0.123. The van der Waals surface area contributed by atoms with E-state index in [0.717, 1.165) is 11.8 Å². The van der Waals surface area contributed by atoms with Crippen molar-refractivity contribution in [1.82, 2.24) is 14.9 Å². The van der Waals surface area contributed by atoms with Crippen molar-refractivity contribution in [3.63, 3.8) is 0 Å². The molecule has 0 bridgehead atoms. The summed E-state index contributed by atoms with van der Waals surface area (Å²) in [6.07, 6.45) is 0. The van der Waals surface area contributed by atoms with Crippen LogP contribution in [-0.2, 0) is 9.59 Å². The smallest absolute Gasteiger partial charge is 0.266 e. The number of nitrogens with zero attached hydrogens (tertiary/aromatic N) is 2. The van der Waals surface area contributed by atoms with Crippen LogP contribution in [0.15, 0.2) is 58.5 Å². The molecule has 3 rings (SSSR count). The highest BCUT2D eigenvalue weighted by Crippen LogP contribution is 2.23. The Labute approximate surface area is 164 Å². The van der Waals surface area contributed by atoms with E-state index < -0.39 is 5.91 Å². The number of para-hydroxylation sites is 1. The predicted molar refractivity (Wildman–Crippen MR) is 107 cm³/mol. The molecule has 0 aliphatic carbocycles. The summed E-state index contributed by atoms with van der Waals surface area (Å²) in [6, 6.07) is 14.0. The third kappa shape index (κ3) is 4.32. The van der Waals surface area contributed by atoms with Gasteiger partial charge in [0, 0.05) is 6.07 Å². The van der Waals surface area contributed by atoms with Gasteiger partial charge in [-0.25, -0.2) is 4.98 Å². The number of hydrogen-bond acceptors (Lipinski definition) is 6. The van der Waals surface area contributed by atoms with Crippen molar-refractivity contribution < 1.29 is 14.3 Å². The molecule has 0 spiro atoms. The van der Waals surface area contributed by atoms with E-state index in [0.29, 0.717) is 27.5 Å². The molecule has 0 radical (unpaired) electrons. The van der Waals surface area contributed by atoms with Gasteiger partial charge in [0.15, 0.2) is 5.16 Å². The lowest BCUT2D eigenvalue weighted by Gasteiger charge is -2.14. The molecule has 0 saturated heterocycles. The first-order valence-electron chi connectivity index (χ1n) is 8.33. The fraction of sp³-hybridized carbons (Fsp3) is 0.158. The van der Waals surface area contributed by atoms with Crippen LogP contribution in [0.25, 0.3) is 16.6 Å². The normalized spacial score (nSPS) is 10.6. The number of amides is 2. The second-order valence-corrected chi connectivity index (χ2v) is 6.73. The summed E-state index contributed by atoms with van der Waals surface area (Å²) >= 11 is 1.09. The third-order valence-electron chi connectivity index (χ3n) is 3.85. The second kappa shape index (κ2) is 8.57. The number of thioether (sulfide) groups is 1. The minimum absolute atomic E-state index is 0.0258. The van der Waals surface area contributed by atoms with E-state index in [1.807, 2.05) is 0 Å². The molecule has 0 aliphatic rings. The van der Waals surface area contributed by atoms with E-state index in [4.69, 9.17) is 10.5 Å². The Morgan fingerprint density at radius 2 is 2.00 bits per heavy atom. The summed E-state index contributed by atoms with van der Waals surface area (Å²) in [5.74, 6) is -0.450. The molecule has 1 heterocycles. The van der Waals surface area contributed by atoms with Gasteiger partial charge in [0.05, 0.1) is 36.0 Å². The third-order valence-corrected chi connectivity index (χ3v) is 4.79. The Kier molecular flexibility index (Phi) is 5.95. The van der Waals surface area contributed by atoms with Gasteiger partial charge in [-0.15, -0.1) is 0 Å². The van der Waals surface area contributed by atoms with Crippen LogP contribution in [0.4, 0.5) is 0 Å². The molecule has 0 atom stereocenters. The van der Waals surface area contributed by atoms with E-state index in [1.54, 1.807) is 55.6 Å². The van der Waals surface area contributed by atoms with Crippen molar-refractivity contribution in [2.75, 3.05) is 19.4 Å². The van der Waals surface area contributed by atoms with Crippen molar-refractivity contribution in [3.05, 3.63) is 58.9 Å². The lowest BCUT2D eigenvalue weighted by Crippen LogP contribution is -2.34. The van der Waals surface area contributed by atoms with Crippen molar-refractivity contribution >= 4 is 34.5 Å². The zero-order chi connectivity index (χ0) is 20.1. The number of rotatable bonds is 7. The Morgan fingerprint density at radius 3 is 2.75 bits per heavy atom. The topological polar surface area (TPSA) is 116 Å². The minimum Gasteiger partial charge on any atom is -0.497 e. The van der Waals surface area contributed by atoms with E-state index in [-0.39, 0.29) is 23.8 Å². The van der Waals surface area contributed by atoms with Gasteiger partial charge >= 0.3 is 0 Å². The number of ether oxygens (including phenoxy) is 1. The molecular formula is C19H18N4O4S. The lowest BCUT2D eigenvalue weighted by atomic mass is 10.2. The van der Waals surface area contributed by atoms with Crippen molar-refractivity contribution in [2.45, 2.75) is 5.16 Å². The summed E-state index contributed by atoms with van der Waals surface area (Å²) in [6.45, 7) is -0.243. The first-order valence-corrected chi connectivity index (χ1v) is 9.32. The molecule has 3 N–H and O–H groups in total. The number of carbonyl (C=O) groups excluding carboxylic acids is 2. The van der Waals surface area contributed by atoms with Gasteiger partial charge in [0.2, 0.25) is 11.8 Å². The number of aromatic nitrogens is 2. The molecule has 2 amide bonds. The van der Waals surface area contributed by atoms with Crippen molar-refractivity contribution in [3.8, 4) is 11.4 Å². The summed E-state index contributed by atoms with van der Waals surface area (Å²) in [4.78, 5) is 40.4. The first kappa shape index (κ1) is 19.4. The molecular weight excluding hydrogens is 380 g/mol. The maximum absolute atomic E-state index is 13.1. The zero-order valence-corrected chi connectivity index (χ0v) is 15.9. The highest BCUT2D eigenvalue weighted by molar-refractivity contribution is 7.99. The highest BCUT2D eigenvalue weighted by Gasteiger charge is 2.15. The van der Waals surface area contributed by atoms with Gasteiger partial charge < -0.3 is 15.8 Å². The first-order chi connectivity index (χ1) is 13.5. The SMILES string of the molecule is COc1cccc(-n2c(SCC(=O)NCC(N)=O)nc3ccccc3c2=O)c1. The molecule has 1 aromatic heterocycles. The van der Waals surface area contributed by atoms with Crippen molar-refractivity contribution in [2.24, 2.45) is 5.73 Å². The Bertz CT molecular complexity index is 1100. The molecule has 0 unspecified atom stereocenters. The van der Waals surface area contributed by atoms with Crippen LogP contribution in [-0.4, -0.2) is 40.8 Å². The molecule has 0 saturated carbocycles. The monoisotopic (exact) mass is 398 g/mol. The Morgan fingerprint density at radius 1 is 1.21 bits per heavy atom. The van der Waals surface area contributed by atoms with E-state index in [9.17, 15) is 14.4 Å². The van der Waals surface area contributed by atoms with Crippen LogP contribution in [0.5, 0.6) is 5.75 Å². The second-order valence-electron chi connectivity index (χ2n) is 5.79. The van der Waals surface area contributed by atoms with Crippen LogP contribution in [0.2, 0.25) is 0 Å². The number of nitrogens with two attached hydrogens (primary N) is 1. The zero-order valence-electron chi connectivity index (χ0n) is 15.0. The van der Waals surface area contributed by atoms with Gasteiger partial charge in [-0.3, -0.25) is 19.0 Å². The molecule has 0 aliphatic heterocycles. The number of hydrogen-bond donors (Lipinski definition) is 2. The fourth-order valence-corrected chi connectivity index (χ4v) is 3.40. The predicted octanol–water partition coefficient (Wildman–Crippen LogP) is 1.09. The number of benzene rings is 2. The molecule has 3 aromatic rings. The molecule has 9 heteroatoms. The summed E-state index contributed by atoms with van der Waals surface area (Å²) in [7, 11) is 1.54. The molecule has 28 heavy (non-hydrogen) atoms. The minimum atomic E-state index is -0.629. The Hall–Kier alpha value is -3.33. The van der Waals surface area contributed by atoms with Crippen LogP contribution < -0.4 is 21.3 Å². The van der Waals surface area contributed by atoms with Crippen LogP contribution in [0.3, 0.4) is 0 Å². The molecule has 8 nitrogen and oxygen atoms in total. The van der Waals surface area contributed by atoms with Gasteiger partial charge in [-0.1, -0.05) is 30.0 Å². The van der Waals surface area contributed by atoms with E-state index in [1.165, 1.54) is 4.57 Å². The number of fused-ring (bicyclic) bond motifs is 1. The summed E-state index contributed by atoms with van der Waals surface area (Å²) in [5, 5.41) is 3.23. The average molecular weight is 398 g/mol. The Balaban J connectivity index is 2.03. The highest BCUT2D eigenvalue weighted by atomic mass is 32.2. The van der Waals surface area contributed by atoms with Crippen LogP contribution in [0.1, 0.15) is 0 Å². The molecule has 144 valence electrons. The van der Waals surface area contributed by atoms with Crippen molar-refractivity contribution in [1.29, 1.82) is 0 Å². The van der Waals surface area contributed by atoms with Gasteiger partial charge in [-0.05, 0) is 24.3 Å². The average Bonchev–Trinajstić information content (AvgIpc) is 2.70. The van der Waals surface area contributed by atoms with Gasteiger partial charge in [0.25, 0.3) is 5.56 Å². The molecule has 2 aromatic carbocycles. The van der Waals surface area contributed by atoms with E-state index in [2.05, 4.69) is 10.3 Å². The van der Waals surface area contributed by atoms with Gasteiger partial charge in [-0.2, -0.15) is 0 Å². The maximum atomic E-state index is 13.1. The number of carbonyl (C=O) groups is 2. The maximum Gasteiger partial charge on any atom is 0.266 e. The number of primary amides is 1. The molecule has 0 fully saturated rings. The standard InChI is InChI=1S/C19H18N4O4S/c1-27-13-6-4-5-12(9-13)23-18(26)14-7-2-3-8-15(14)22-19(23)28-11-17(25)21-10-16(20)24/h2-9H,10-11H2,1H3,(H2,20,24)(H,21,25).